The summed E-state index contributed by atoms with van der Waals surface area (Å²) in [4.78, 5) is 17.3. The van der Waals surface area contributed by atoms with Crippen molar-refractivity contribution in [2.75, 3.05) is 6.54 Å². The van der Waals surface area contributed by atoms with Crippen molar-refractivity contribution in [1.29, 1.82) is 0 Å². The van der Waals surface area contributed by atoms with Crippen LogP contribution in [-0.2, 0) is 19.4 Å². The molecule has 0 spiro atoms. The van der Waals surface area contributed by atoms with Gasteiger partial charge < -0.3 is 20.2 Å². The molecule has 1 aromatic heterocycles. The number of aromatic nitrogens is 1. The van der Waals surface area contributed by atoms with Crippen molar-refractivity contribution in [3.63, 3.8) is 0 Å². The van der Waals surface area contributed by atoms with Crippen molar-refractivity contribution in [2.45, 2.75) is 45.4 Å². The van der Waals surface area contributed by atoms with E-state index in [1.807, 2.05) is 12.1 Å². The topological polar surface area (TPSA) is 87.4 Å². The van der Waals surface area contributed by atoms with Gasteiger partial charge in [0.1, 0.15) is 17.2 Å². The molecular formula is C28H30ClF2N3O3. The number of aryl methyl sites for hydroxylation is 2. The molecule has 1 amide bonds. The number of carbonyl (C=O) groups is 1. The molecule has 9 heteroatoms. The number of hydrogen-bond acceptors (Lipinski definition) is 5. The van der Waals surface area contributed by atoms with Gasteiger partial charge in [-0.1, -0.05) is 31.2 Å². The van der Waals surface area contributed by atoms with Gasteiger partial charge >= 0.3 is 0 Å². The fraction of sp³-hybridized carbons (Fsp3) is 0.286. The summed E-state index contributed by atoms with van der Waals surface area (Å²) in [5.74, 6) is -1.38. The van der Waals surface area contributed by atoms with Crippen LogP contribution in [0, 0.1) is 18.6 Å². The molecule has 0 aliphatic heterocycles. The molecule has 0 fully saturated rings. The molecule has 0 saturated carbocycles. The second-order valence-electron chi connectivity index (χ2n) is 8.85. The third-order valence-corrected chi connectivity index (χ3v) is 6.00. The van der Waals surface area contributed by atoms with Crippen molar-refractivity contribution in [3.05, 3.63) is 100 Å². The SMILES string of the molecule is CCc1cccc(CNC[C@@H](O)[C@H](Cc2cc(F)cc(F)c2)NC(=O)c2ccc3oc(C)nc3c2)c1.Cl. The highest BCUT2D eigenvalue weighted by molar-refractivity contribution is 5.97. The van der Waals surface area contributed by atoms with Crippen LogP contribution >= 0.6 is 12.4 Å². The number of aliphatic hydroxyl groups is 1. The number of halogens is 3. The Bertz CT molecular complexity index is 1340. The van der Waals surface area contributed by atoms with Gasteiger partial charge in [0.2, 0.25) is 0 Å². The third kappa shape index (κ3) is 7.58. The van der Waals surface area contributed by atoms with E-state index in [0.29, 0.717) is 34.7 Å². The first-order chi connectivity index (χ1) is 17.3. The van der Waals surface area contributed by atoms with Crippen LogP contribution in [-0.4, -0.2) is 34.7 Å². The molecular weight excluding hydrogens is 500 g/mol. The minimum absolute atomic E-state index is 0. The fourth-order valence-corrected chi connectivity index (χ4v) is 4.17. The van der Waals surface area contributed by atoms with Gasteiger partial charge in [-0.25, -0.2) is 13.8 Å². The molecule has 37 heavy (non-hydrogen) atoms. The van der Waals surface area contributed by atoms with Gasteiger partial charge in [0, 0.05) is 31.6 Å². The molecule has 4 aromatic rings. The van der Waals surface area contributed by atoms with E-state index in [-0.39, 0.29) is 25.4 Å². The predicted molar refractivity (Wildman–Crippen MR) is 141 cm³/mol. The highest BCUT2D eigenvalue weighted by atomic mass is 35.5. The van der Waals surface area contributed by atoms with E-state index in [4.69, 9.17) is 4.42 Å². The summed E-state index contributed by atoms with van der Waals surface area (Å²) in [5.41, 5.74) is 4.06. The van der Waals surface area contributed by atoms with E-state index < -0.39 is 29.7 Å². The van der Waals surface area contributed by atoms with E-state index in [1.54, 1.807) is 25.1 Å². The van der Waals surface area contributed by atoms with Crippen LogP contribution in [0.1, 0.15) is 39.9 Å². The first-order valence-electron chi connectivity index (χ1n) is 11.9. The van der Waals surface area contributed by atoms with Crippen molar-refractivity contribution in [3.8, 4) is 0 Å². The lowest BCUT2D eigenvalue weighted by Gasteiger charge is -2.25. The summed E-state index contributed by atoms with van der Waals surface area (Å²) in [6.07, 6.45) is -0.0541. The highest BCUT2D eigenvalue weighted by Crippen LogP contribution is 2.18. The Kier molecular flexibility index (Phi) is 9.74. The number of aliphatic hydroxyl groups excluding tert-OH is 1. The fourth-order valence-electron chi connectivity index (χ4n) is 4.17. The Hall–Kier alpha value is -3.33. The van der Waals surface area contributed by atoms with Crippen LogP contribution in [0.25, 0.3) is 11.1 Å². The second-order valence-corrected chi connectivity index (χ2v) is 8.85. The van der Waals surface area contributed by atoms with Gasteiger partial charge in [0.25, 0.3) is 5.91 Å². The van der Waals surface area contributed by atoms with Crippen LogP contribution in [0.5, 0.6) is 0 Å². The molecule has 196 valence electrons. The smallest absolute Gasteiger partial charge is 0.251 e. The molecule has 3 N–H and O–H groups in total. The lowest BCUT2D eigenvalue weighted by Crippen LogP contribution is -2.48. The lowest BCUT2D eigenvalue weighted by molar-refractivity contribution is 0.0830. The van der Waals surface area contributed by atoms with E-state index in [1.165, 1.54) is 17.7 Å². The first-order valence-corrected chi connectivity index (χ1v) is 11.9. The highest BCUT2D eigenvalue weighted by Gasteiger charge is 2.23. The number of rotatable bonds is 10. The van der Waals surface area contributed by atoms with Gasteiger partial charge in [-0.15, -0.1) is 12.4 Å². The zero-order chi connectivity index (χ0) is 25.7. The van der Waals surface area contributed by atoms with E-state index in [2.05, 4.69) is 34.7 Å². The number of amides is 1. The largest absolute Gasteiger partial charge is 0.441 e. The van der Waals surface area contributed by atoms with Crippen molar-refractivity contribution in [1.82, 2.24) is 15.6 Å². The van der Waals surface area contributed by atoms with Crippen LogP contribution < -0.4 is 10.6 Å². The van der Waals surface area contributed by atoms with Crippen LogP contribution in [0.15, 0.2) is 65.1 Å². The molecule has 0 bridgehead atoms. The van der Waals surface area contributed by atoms with Crippen molar-refractivity contribution >= 4 is 29.4 Å². The zero-order valence-corrected chi connectivity index (χ0v) is 21.4. The quantitative estimate of drug-likeness (QED) is 0.272. The number of carbonyl (C=O) groups excluding carboxylic acids is 1. The van der Waals surface area contributed by atoms with Gasteiger partial charge in [-0.3, -0.25) is 4.79 Å². The number of hydrogen-bond donors (Lipinski definition) is 3. The molecule has 0 radical (unpaired) electrons. The maximum absolute atomic E-state index is 13.8. The Labute approximate surface area is 220 Å². The lowest BCUT2D eigenvalue weighted by atomic mass is 10.00. The molecule has 4 rings (SSSR count). The number of nitrogens with zero attached hydrogens (tertiary/aromatic N) is 1. The third-order valence-electron chi connectivity index (χ3n) is 6.00. The molecule has 0 aliphatic carbocycles. The second kappa shape index (κ2) is 12.8. The number of benzene rings is 3. The Morgan fingerprint density at radius 1 is 1.03 bits per heavy atom. The molecule has 0 saturated heterocycles. The molecule has 3 aromatic carbocycles. The Morgan fingerprint density at radius 3 is 2.49 bits per heavy atom. The minimum atomic E-state index is -1.02. The van der Waals surface area contributed by atoms with E-state index in [0.717, 1.165) is 18.1 Å². The first kappa shape index (κ1) is 28.2. The minimum Gasteiger partial charge on any atom is -0.441 e. The van der Waals surface area contributed by atoms with Gasteiger partial charge in [-0.05, 0) is 59.9 Å². The summed E-state index contributed by atoms with van der Waals surface area (Å²) >= 11 is 0. The summed E-state index contributed by atoms with van der Waals surface area (Å²) in [6, 6.07) is 15.4. The molecule has 1 heterocycles. The molecule has 0 unspecified atom stereocenters. The van der Waals surface area contributed by atoms with E-state index in [9.17, 15) is 18.7 Å². The van der Waals surface area contributed by atoms with Crippen LogP contribution in [0.4, 0.5) is 8.78 Å². The average molecular weight is 530 g/mol. The Balaban J connectivity index is 0.00000380. The Morgan fingerprint density at radius 2 is 1.76 bits per heavy atom. The normalized spacial score (nSPS) is 12.7. The molecule has 2 atom stereocenters. The number of nitrogens with one attached hydrogen (secondary N) is 2. The summed E-state index contributed by atoms with van der Waals surface area (Å²) < 4.78 is 33.0. The summed E-state index contributed by atoms with van der Waals surface area (Å²) in [5, 5.41) is 17.0. The molecule has 6 nitrogen and oxygen atoms in total. The summed E-state index contributed by atoms with van der Waals surface area (Å²) in [6.45, 7) is 4.50. The standard InChI is InChI=1S/C28H29F2N3O3.ClH/c1-3-18-5-4-6-19(9-18)15-31-16-26(34)24(12-20-10-22(29)14-23(30)11-20)33-28(35)21-7-8-27-25(13-21)32-17(2)36-27;/h4-11,13-14,24,26,31,34H,3,12,15-16H2,1-2H3,(H,33,35);1H/t24-,26+;/m0./s1. The van der Waals surface area contributed by atoms with Crippen molar-refractivity contribution < 1.29 is 23.1 Å². The number of fused-ring (bicyclic) bond motifs is 1. The van der Waals surface area contributed by atoms with Crippen molar-refractivity contribution in [2.24, 2.45) is 0 Å². The number of oxazole rings is 1. The monoisotopic (exact) mass is 529 g/mol. The van der Waals surface area contributed by atoms with Crippen LogP contribution in [0.3, 0.4) is 0 Å². The van der Waals surface area contributed by atoms with E-state index >= 15 is 0 Å². The predicted octanol–water partition coefficient (Wildman–Crippen LogP) is 4.89. The van der Waals surface area contributed by atoms with Crippen LogP contribution in [0.2, 0.25) is 0 Å². The average Bonchev–Trinajstić information content (AvgIpc) is 3.22. The van der Waals surface area contributed by atoms with Gasteiger partial charge in [0.05, 0.1) is 12.1 Å². The summed E-state index contributed by atoms with van der Waals surface area (Å²) in [7, 11) is 0. The maximum atomic E-state index is 13.8. The zero-order valence-electron chi connectivity index (χ0n) is 20.6. The maximum Gasteiger partial charge on any atom is 0.251 e. The molecule has 0 aliphatic rings. The van der Waals surface area contributed by atoms with Gasteiger partial charge in [-0.2, -0.15) is 0 Å². The van der Waals surface area contributed by atoms with Gasteiger partial charge in [0.15, 0.2) is 11.5 Å².